The Kier molecular flexibility index (Phi) is 4.29. The first kappa shape index (κ1) is 13.5. The second-order valence-electron chi connectivity index (χ2n) is 4.02. The second kappa shape index (κ2) is 6.33. The SMILES string of the molecule is N#CCCN(Cc1ccco1)C(=O)c1ccc(=O)[nH]n1. The molecule has 7 heteroatoms. The molecular weight excluding hydrogens is 260 g/mol. The van der Waals surface area contributed by atoms with E-state index in [1.165, 1.54) is 23.3 Å². The predicted octanol–water partition coefficient (Wildman–Crippen LogP) is 0.919. The van der Waals surface area contributed by atoms with Crippen LogP contribution in [-0.4, -0.2) is 27.5 Å². The average Bonchev–Trinajstić information content (AvgIpc) is 2.96. The fraction of sp³-hybridized carbons (Fsp3) is 0.231. The second-order valence-corrected chi connectivity index (χ2v) is 4.02. The summed E-state index contributed by atoms with van der Waals surface area (Å²) < 4.78 is 5.19. The van der Waals surface area contributed by atoms with Crippen LogP contribution in [0, 0.1) is 11.3 Å². The number of aromatic amines is 1. The number of hydrogen-bond acceptors (Lipinski definition) is 5. The van der Waals surface area contributed by atoms with Crippen LogP contribution in [0.1, 0.15) is 22.7 Å². The fourth-order valence-electron chi connectivity index (χ4n) is 1.65. The summed E-state index contributed by atoms with van der Waals surface area (Å²) in [5, 5.41) is 14.6. The van der Waals surface area contributed by atoms with Crippen LogP contribution in [0.25, 0.3) is 0 Å². The van der Waals surface area contributed by atoms with E-state index in [1.807, 2.05) is 6.07 Å². The number of H-pyrrole nitrogens is 1. The highest BCUT2D eigenvalue weighted by Gasteiger charge is 2.18. The van der Waals surface area contributed by atoms with Gasteiger partial charge in [0.1, 0.15) is 11.5 Å². The molecule has 2 aromatic heterocycles. The Morgan fingerprint density at radius 3 is 2.90 bits per heavy atom. The van der Waals surface area contributed by atoms with Gasteiger partial charge in [-0.1, -0.05) is 0 Å². The lowest BCUT2D eigenvalue weighted by Crippen LogP contribution is -2.32. The highest BCUT2D eigenvalue weighted by Crippen LogP contribution is 2.09. The van der Waals surface area contributed by atoms with E-state index in [1.54, 1.807) is 12.1 Å². The Morgan fingerprint density at radius 1 is 1.45 bits per heavy atom. The molecule has 102 valence electrons. The van der Waals surface area contributed by atoms with E-state index in [0.717, 1.165) is 0 Å². The number of hydrogen-bond donors (Lipinski definition) is 1. The molecule has 0 aliphatic carbocycles. The molecule has 0 unspecified atom stereocenters. The minimum Gasteiger partial charge on any atom is -0.467 e. The van der Waals surface area contributed by atoms with Crippen molar-refractivity contribution in [1.29, 1.82) is 5.26 Å². The van der Waals surface area contributed by atoms with E-state index >= 15 is 0 Å². The lowest BCUT2D eigenvalue weighted by molar-refractivity contribution is 0.0728. The zero-order chi connectivity index (χ0) is 14.4. The number of carbonyl (C=O) groups excluding carboxylic acids is 1. The molecule has 1 N–H and O–H groups in total. The van der Waals surface area contributed by atoms with Crippen molar-refractivity contribution in [2.45, 2.75) is 13.0 Å². The van der Waals surface area contributed by atoms with E-state index in [-0.39, 0.29) is 36.7 Å². The van der Waals surface area contributed by atoms with Gasteiger partial charge in [0.05, 0.1) is 25.3 Å². The molecule has 20 heavy (non-hydrogen) atoms. The zero-order valence-electron chi connectivity index (χ0n) is 10.6. The van der Waals surface area contributed by atoms with Gasteiger partial charge in [-0.25, -0.2) is 5.10 Å². The van der Waals surface area contributed by atoms with Gasteiger partial charge in [0, 0.05) is 12.6 Å². The van der Waals surface area contributed by atoms with Crippen LogP contribution in [-0.2, 0) is 6.54 Å². The molecule has 0 aliphatic rings. The highest BCUT2D eigenvalue weighted by atomic mass is 16.3. The number of carbonyl (C=O) groups is 1. The van der Waals surface area contributed by atoms with Crippen LogP contribution in [0.2, 0.25) is 0 Å². The molecule has 7 nitrogen and oxygen atoms in total. The van der Waals surface area contributed by atoms with Gasteiger partial charge in [-0.15, -0.1) is 0 Å². The van der Waals surface area contributed by atoms with Crippen molar-refractivity contribution in [2.24, 2.45) is 0 Å². The van der Waals surface area contributed by atoms with Gasteiger partial charge < -0.3 is 9.32 Å². The maximum atomic E-state index is 12.3. The number of furan rings is 1. The first-order valence-electron chi connectivity index (χ1n) is 5.95. The van der Waals surface area contributed by atoms with Crippen molar-refractivity contribution >= 4 is 5.91 Å². The molecule has 0 spiro atoms. The predicted molar refractivity (Wildman–Crippen MR) is 68.5 cm³/mol. The van der Waals surface area contributed by atoms with Crippen LogP contribution in [0.15, 0.2) is 39.7 Å². The number of nitrogens with one attached hydrogen (secondary N) is 1. The van der Waals surface area contributed by atoms with Gasteiger partial charge >= 0.3 is 0 Å². The summed E-state index contributed by atoms with van der Waals surface area (Å²) in [6, 6.07) is 8.04. The van der Waals surface area contributed by atoms with Gasteiger partial charge in [-0.3, -0.25) is 9.59 Å². The monoisotopic (exact) mass is 272 g/mol. The van der Waals surface area contributed by atoms with Crippen molar-refractivity contribution in [3.8, 4) is 6.07 Å². The molecule has 2 heterocycles. The zero-order valence-corrected chi connectivity index (χ0v) is 10.6. The molecule has 0 atom stereocenters. The maximum absolute atomic E-state index is 12.3. The summed E-state index contributed by atoms with van der Waals surface area (Å²) in [7, 11) is 0. The summed E-state index contributed by atoms with van der Waals surface area (Å²) in [5.74, 6) is 0.244. The van der Waals surface area contributed by atoms with Crippen LogP contribution in [0.4, 0.5) is 0 Å². The number of nitriles is 1. The molecule has 0 saturated heterocycles. The topological polar surface area (TPSA) is 103 Å². The average molecular weight is 272 g/mol. The minimum absolute atomic E-state index is 0.120. The maximum Gasteiger partial charge on any atom is 0.274 e. The normalized spacial score (nSPS) is 9.95. The number of amides is 1. The Morgan fingerprint density at radius 2 is 2.30 bits per heavy atom. The first-order valence-corrected chi connectivity index (χ1v) is 5.95. The van der Waals surface area contributed by atoms with E-state index in [4.69, 9.17) is 9.68 Å². The third-order valence-corrected chi connectivity index (χ3v) is 2.61. The largest absolute Gasteiger partial charge is 0.467 e. The lowest BCUT2D eigenvalue weighted by atomic mass is 10.3. The Balaban J connectivity index is 2.17. The third-order valence-electron chi connectivity index (χ3n) is 2.61. The molecule has 0 saturated carbocycles. The summed E-state index contributed by atoms with van der Waals surface area (Å²) in [4.78, 5) is 24.7. The standard InChI is InChI=1S/C13H12N4O3/c14-6-2-7-17(9-10-3-1-8-20-10)13(19)11-4-5-12(18)16-15-11/h1,3-5,8H,2,7,9H2,(H,16,18). The third kappa shape index (κ3) is 3.32. The minimum atomic E-state index is -0.379. The lowest BCUT2D eigenvalue weighted by Gasteiger charge is -2.19. The molecule has 0 bridgehead atoms. The Bertz CT molecular complexity index is 649. The quantitative estimate of drug-likeness (QED) is 0.871. The van der Waals surface area contributed by atoms with Crippen LogP contribution in [0.3, 0.4) is 0 Å². The molecule has 2 aromatic rings. The van der Waals surface area contributed by atoms with E-state index in [0.29, 0.717) is 5.76 Å². The smallest absolute Gasteiger partial charge is 0.274 e. The number of rotatable bonds is 5. The van der Waals surface area contributed by atoms with Crippen LogP contribution < -0.4 is 5.56 Å². The van der Waals surface area contributed by atoms with Gasteiger partial charge in [0.25, 0.3) is 11.5 Å². The van der Waals surface area contributed by atoms with Crippen molar-refractivity contribution in [1.82, 2.24) is 15.1 Å². The van der Waals surface area contributed by atoms with Crippen molar-refractivity contribution < 1.29 is 9.21 Å². The van der Waals surface area contributed by atoms with E-state index < -0.39 is 0 Å². The molecule has 1 amide bonds. The molecular formula is C13H12N4O3. The molecule has 0 fully saturated rings. The molecule has 0 aliphatic heterocycles. The summed E-state index contributed by atoms with van der Waals surface area (Å²) in [6.45, 7) is 0.505. The van der Waals surface area contributed by atoms with E-state index in [2.05, 4.69) is 10.2 Å². The summed E-state index contributed by atoms with van der Waals surface area (Å²) >= 11 is 0. The van der Waals surface area contributed by atoms with Gasteiger partial charge in [0.2, 0.25) is 0 Å². The van der Waals surface area contributed by atoms with Crippen molar-refractivity contribution in [2.75, 3.05) is 6.54 Å². The summed E-state index contributed by atoms with van der Waals surface area (Å²) in [6.07, 6.45) is 1.72. The van der Waals surface area contributed by atoms with Crippen molar-refractivity contribution in [3.05, 3.63) is 52.3 Å². The Hall–Kier alpha value is -2.88. The van der Waals surface area contributed by atoms with Gasteiger partial charge in [-0.05, 0) is 18.2 Å². The van der Waals surface area contributed by atoms with Crippen molar-refractivity contribution in [3.63, 3.8) is 0 Å². The number of aromatic nitrogens is 2. The van der Waals surface area contributed by atoms with Gasteiger partial charge in [-0.2, -0.15) is 10.4 Å². The molecule has 0 radical (unpaired) electrons. The highest BCUT2D eigenvalue weighted by molar-refractivity contribution is 5.92. The molecule has 0 aromatic carbocycles. The number of nitrogens with zero attached hydrogens (tertiary/aromatic N) is 3. The molecule has 2 rings (SSSR count). The van der Waals surface area contributed by atoms with Crippen LogP contribution >= 0.6 is 0 Å². The van der Waals surface area contributed by atoms with Crippen LogP contribution in [0.5, 0.6) is 0 Å². The van der Waals surface area contributed by atoms with E-state index in [9.17, 15) is 9.59 Å². The summed E-state index contributed by atoms with van der Waals surface area (Å²) in [5.41, 5.74) is -0.259. The van der Waals surface area contributed by atoms with Gasteiger partial charge in [0.15, 0.2) is 0 Å². The first-order chi connectivity index (χ1) is 9.70. The fourth-order valence-corrected chi connectivity index (χ4v) is 1.65. The Labute approximate surface area is 114 Å².